The van der Waals surface area contributed by atoms with Crippen LogP contribution in [0.25, 0.3) is 0 Å². The second kappa shape index (κ2) is 7.79. The number of amides is 1. The highest BCUT2D eigenvalue weighted by Gasteiger charge is 2.25. The quantitative estimate of drug-likeness (QED) is 0.779. The minimum absolute atomic E-state index is 0.0804. The van der Waals surface area contributed by atoms with Crippen LogP contribution < -0.4 is 14.9 Å². The van der Waals surface area contributed by atoms with E-state index in [9.17, 15) is 17.6 Å². The molecule has 9 heteroatoms. The maximum atomic E-state index is 13.2. The van der Waals surface area contributed by atoms with E-state index in [-0.39, 0.29) is 10.9 Å². The monoisotopic (exact) mass is 378 g/mol. The Labute approximate surface area is 151 Å². The first-order valence-corrected chi connectivity index (χ1v) is 9.63. The van der Waals surface area contributed by atoms with Crippen LogP contribution in [0.2, 0.25) is 0 Å². The Kier molecular flexibility index (Phi) is 5.48. The number of nitrogens with zero attached hydrogens (tertiary/aromatic N) is 2. The van der Waals surface area contributed by atoms with Gasteiger partial charge < -0.3 is 10.2 Å². The third kappa shape index (κ3) is 4.55. The molecule has 26 heavy (non-hydrogen) atoms. The molecule has 2 heterocycles. The highest BCUT2D eigenvalue weighted by molar-refractivity contribution is 7.89. The number of carbonyl (C=O) groups is 1. The fourth-order valence-electron chi connectivity index (χ4n) is 2.78. The number of sulfonamides is 1. The van der Waals surface area contributed by atoms with Crippen LogP contribution >= 0.6 is 0 Å². The normalized spacial score (nSPS) is 17.3. The van der Waals surface area contributed by atoms with E-state index in [1.54, 1.807) is 6.20 Å². The van der Waals surface area contributed by atoms with Crippen LogP contribution in [0, 0.1) is 5.82 Å². The van der Waals surface area contributed by atoms with Crippen molar-refractivity contribution >= 4 is 21.7 Å². The molecule has 1 atom stereocenters. The van der Waals surface area contributed by atoms with Crippen molar-refractivity contribution in [3.8, 4) is 0 Å². The van der Waals surface area contributed by atoms with Crippen LogP contribution in [0.15, 0.2) is 53.6 Å². The lowest BCUT2D eigenvalue weighted by molar-refractivity contribution is -0.120. The third-order valence-corrected chi connectivity index (χ3v) is 5.45. The number of nitrogens with one attached hydrogen (secondary N) is 2. The van der Waals surface area contributed by atoms with Gasteiger partial charge in [-0.25, -0.2) is 22.5 Å². The molecule has 138 valence electrons. The molecule has 0 aliphatic carbocycles. The van der Waals surface area contributed by atoms with E-state index in [2.05, 4.69) is 19.9 Å². The smallest absolute Gasteiger partial charge is 0.241 e. The molecule has 0 unspecified atom stereocenters. The highest BCUT2D eigenvalue weighted by Crippen LogP contribution is 2.17. The summed E-state index contributed by atoms with van der Waals surface area (Å²) in [7, 11) is -3.94. The van der Waals surface area contributed by atoms with Gasteiger partial charge in [0.05, 0.1) is 11.4 Å². The van der Waals surface area contributed by atoms with Gasteiger partial charge in [0.15, 0.2) is 0 Å². The summed E-state index contributed by atoms with van der Waals surface area (Å²) in [6.45, 7) is 0.968. The van der Waals surface area contributed by atoms with Crippen molar-refractivity contribution in [3.63, 3.8) is 0 Å². The number of halogens is 1. The van der Waals surface area contributed by atoms with E-state index in [0.29, 0.717) is 6.54 Å². The second-order valence-corrected chi connectivity index (χ2v) is 7.74. The number of hydrogen-bond acceptors (Lipinski definition) is 5. The molecule has 3 rings (SSSR count). The molecule has 2 N–H and O–H groups in total. The van der Waals surface area contributed by atoms with Crippen molar-refractivity contribution in [2.75, 3.05) is 24.5 Å². The number of anilines is 1. The third-order valence-electron chi connectivity index (χ3n) is 4.06. The number of benzene rings is 1. The number of rotatable bonds is 6. The molecule has 1 aliphatic heterocycles. The zero-order valence-corrected chi connectivity index (χ0v) is 14.7. The van der Waals surface area contributed by atoms with Crippen molar-refractivity contribution in [3.05, 3.63) is 54.5 Å². The van der Waals surface area contributed by atoms with Gasteiger partial charge in [-0.3, -0.25) is 4.79 Å². The molecule has 0 spiro atoms. The van der Waals surface area contributed by atoms with Gasteiger partial charge in [0.25, 0.3) is 0 Å². The summed E-state index contributed by atoms with van der Waals surface area (Å²) in [6, 6.07) is 10.2. The summed E-state index contributed by atoms with van der Waals surface area (Å²) >= 11 is 0. The van der Waals surface area contributed by atoms with Crippen molar-refractivity contribution in [2.45, 2.75) is 17.4 Å². The van der Waals surface area contributed by atoms with Crippen molar-refractivity contribution < 1.29 is 17.6 Å². The van der Waals surface area contributed by atoms with Gasteiger partial charge in [-0.1, -0.05) is 12.1 Å². The Morgan fingerprint density at radius 1 is 1.27 bits per heavy atom. The van der Waals surface area contributed by atoms with Crippen molar-refractivity contribution in [1.82, 2.24) is 15.0 Å². The molecule has 1 fully saturated rings. The van der Waals surface area contributed by atoms with E-state index in [4.69, 9.17) is 0 Å². The van der Waals surface area contributed by atoms with Gasteiger partial charge in [-0.05, 0) is 36.8 Å². The Morgan fingerprint density at radius 2 is 2.12 bits per heavy atom. The standard InChI is InChI=1S/C17H19FN4O3S/c18-13-4-3-5-15(10-13)26(24,25)20-11-17(23)21-14-7-9-22(12-14)16-6-1-2-8-19-16/h1-6,8,10,14,20H,7,9,11-12H2,(H,21,23)/t14-/m1/s1. The summed E-state index contributed by atoms with van der Waals surface area (Å²) < 4.78 is 39.5. The van der Waals surface area contributed by atoms with Crippen LogP contribution in [0.3, 0.4) is 0 Å². The molecule has 7 nitrogen and oxygen atoms in total. The molecule has 1 aromatic carbocycles. The minimum Gasteiger partial charge on any atom is -0.354 e. The fraction of sp³-hybridized carbons (Fsp3) is 0.294. The molecule has 1 amide bonds. The van der Waals surface area contributed by atoms with Gasteiger partial charge >= 0.3 is 0 Å². The summed E-state index contributed by atoms with van der Waals surface area (Å²) in [5, 5.41) is 2.80. The SMILES string of the molecule is O=C(CNS(=O)(=O)c1cccc(F)c1)N[C@@H]1CCN(c2ccccn2)C1. The Morgan fingerprint density at radius 3 is 2.85 bits per heavy atom. The van der Waals surface area contributed by atoms with Gasteiger partial charge in [-0.15, -0.1) is 0 Å². The average molecular weight is 378 g/mol. The highest BCUT2D eigenvalue weighted by atomic mass is 32.2. The van der Waals surface area contributed by atoms with E-state index >= 15 is 0 Å². The van der Waals surface area contributed by atoms with E-state index in [1.165, 1.54) is 12.1 Å². The van der Waals surface area contributed by atoms with E-state index in [1.807, 2.05) is 18.2 Å². The van der Waals surface area contributed by atoms with Gasteiger partial charge in [0.1, 0.15) is 11.6 Å². The molecule has 0 radical (unpaired) electrons. The molecular formula is C17H19FN4O3S. The summed E-state index contributed by atoms with van der Waals surface area (Å²) in [5.74, 6) is -0.244. The van der Waals surface area contributed by atoms with Crippen LogP contribution in [0.1, 0.15) is 6.42 Å². The summed E-state index contributed by atoms with van der Waals surface area (Å²) in [4.78, 5) is 18.2. The first kappa shape index (κ1) is 18.3. The van der Waals surface area contributed by atoms with E-state index in [0.717, 1.165) is 30.9 Å². The number of carbonyl (C=O) groups excluding carboxylic acids is 1. The largest absolute Gasteiger partial charge is 0.354 e. The zero-order chi connectivity index (χ0) is 18.6. The van der Waals surface area contributed by atoms with Crippen LogP contribution in [0.5, 0.6) is 0 Å². The second-order valence-electron chi connectivity index (χ2n) is 5.97. The van der Waals surface area contributed by atoms with Crippen LogP contribution in [-0.2, 0) is 14.8 Å². The molecule has 0 saturated carbocycles. The Hall–Kier alpha value is -2.52. The molecular weight excluding hydrogens is 359 g/mol. The fourth-order valence-corrected chi connectivity index (χ4v) is 3.80. The van der Waals surface area contributed by atoms with Gasteiger partial charge in [-0.2, -0.15) is 0 Å². The van der Waals surface area contributed by atoms with E-state index < -0.39 is 28.3 Å². The number of aromatic nitrogens is 1. The molecule has 2 aromatic rings. The van der Waals surface area contributed by atoms with Crippen molar-refractivity contribution in [1.29, 1.82) is 0 Å². The predicted octanol–water partition coefficient (Wildman–Crippen LogP) is 0.894. The maximum Gasteiger partial charge on any atom is 0.241 e. The minimum atomic E-state index is -3.94. The summed E-state index contributed by atoms with van der Waals surface area (Å²) in [5.41, 5.74) is 0. The van der Waals surface area contributed by atoms with Crippen LogP contribution in [-0.4, -0.2) is 45.0 Å². The lowest BCUT2D eigenvalue weighted by Crippen LogP contribution is -2.43. The maximum absolute atomic E-state index is 13.2. The first-order chi connectivity index (χ1) is 12.4. The average Bonchev–Trinajstić information content (AvgIpc) is 3.09. The first-order valence-electron chi connectivity index (χ1n) is 8.14. The van der Waals surface area contributed by atoms with Gasteiger partial charge in [0.2, 0.25) is 15.9 Å². The Balaban J connectivity index is 1.50. The molecule has 1 saturated heterocycles. The predicted molar refractivity (Wildman–Crippen MR) is 94.6 cm³/mol. The molecule has 0 bridgehead atoms. The lowest BCUT2D eigenvalue weighted by atomic mass is 10.2. The Bertz CT molecular complexity index is 877. The topological polar surface area (TPSA) is 91.4 Å². The zero-order valence-electron chi connectivity index (χ0n) is 13.9. The molecule has 1 aromatic heterocycles. The van der Waals surface area contributed by atoms with Crippen molar-refractivity contribution in [2.24, 2.45) is 0 Å². The molecule has 1 aliphatic rings. The van der Waals surface area contributed by atoms with Crippen LogP contribution in [0.4, 0.5) is 10.2 Å². The lowest BCUT2D eigenvalue weighted by Gasteiger charge is -2.17. The number of pyridine rings is 1. The summed E-state index contributed by atoms with van der Waals surface area (Å²) in [6.07, 6.45) is 2.46. The van der Waals surface area contributed by atoms with Gasteiger partial charge in [0, 0.05) is 25.3 Å². The number of hydrogen-bond donors (Lipinski definition) is 2.